The van der Waals surface area contributed by atoms with E-state index in [1.165, 1.54) is 0 Å². The highest BCUT2D eigenvalue weighted by molar-refractivity contribution is 6.30. The summed E-state index contributed by atoms with van der Waals surface area (Å²) in [4.78, 5) is 35.6. The van der Waals surface area contributed by atoms with Crippen molar-refractivity contribution in [2.45, 2.75) is 26.7 Å². The van der Waals surface area contributed by atoms with Crippen molar-refractivity contribution < 1.29 is 14.4 Å². The number of rotatable bonds is 5. The molecule has 0 saturated carbocycles. The molecule has 0 aromatic heterocycles. The van der Waals surface area contributed by atoms with Gasteiger partial charge in [0.1, 0.15) is 0 Å². The third-order valence-electron chi connectivity index (χ3n) is 3.66. The third-order valence-corrected chi connectivity index (χ3v) is 3.91. The molecule has 2 aromatic carbocycles. The highest BCUT2D eigenvalue weighted by Crippen LogP contribution is 2.16. The first kappa shape index (κ1) is 19.5. The lowest BCUT2D eigenvalue weighted by molar-refractivity contribution is -0.124. The molecule has 2 aromatic rings. The van der Waals surface area contributed by atoms with Gasteiger partial charge in [-0.15, -0.1) is 0 Å². The van der Waals surface area contributed by atoms with Gasteiger partial charge in [-0.05, 0) is 49.7 Å². The van der Waals surface area contributed by atoms with Crippen LogP contribution in [0.4, 0.5) is 5.69 Å². The molecule has 0 aliphatic carbocycles. The molecule has 0 radical (unpaired) electrons. The number of hydrazine groups is 1. The van der Waals surface area contributed by atoms with Crippen LogP contribution in [0.2, 0.25) is 5.02 Å². The fourth-order valence-corrected chi connectivity index (χ4v) is 2.38. The summed E-state index contributed by atoms with van der Waals surface area (Å²) in [6.07, 6.45) is -0.0341. The van der Waals surface area contributed by atoms with Crippen molar-refractivity contribution in [2.24, 2.45) is 0 Å². The Balaban J connectivity index is 1.74. The molecule has 136 valence electrons. The van der Waals surface area contributed by atoms with Crippen LogP contribution in [0.25, 0.3) is 0 Å². The van der Waals surface area contributed by atoms with Crippen LogP contribution in [-0.4, -0.2) is 17.7 Å². The Morgan fingerprint density at radius 3 is 2.19 bits per heavy atom. The van der Waals surface area contributed by atoms with Gasteiger partial charge in [-0.1, -0.05) is 29.3 Å². The average Bonchev–Trinajstić information content (AvgIpc) is 2.61. The molecule has 7 heteroatoms. The smallest absolute Gasteiger partial charge is 0.269 e. The van der Waals surface area contributed by atoms with Crippen LogP contribution in [0.15, 0.2) is 42.5 Å². The molecule has 0 atom stereocenters. The maximum atomic E-state index is 12.0. The number of carbonyl (C=O) groups excluding carboxylic acids is 3. The molecule has 0 heterocycles. The number of halogens is 1. The lowest BCUT2D eigenvalue weighted by Crippen LogP contribution is -2.41. The Hall–Kier alpha value is -2.86. The Labute approximate surface area is 156 Å². The van der Waals surface area contributed by atoms with E-state index in [-0.39, 0.29) is 18.7 Å². The molecule has 26 heavy (non-hydrogen) atoms. The minimum absolute atomic E-state index is 0.00989. The van der Waals surface area contributed by atoms with Crippen molar-refractivity contribution in [3.05, 3.63) is 64.2 Å². The Bertz CT molecular complexity index is 819. The second-order valence-corrected chi connectivity index (χ2v) is 6.31. The summed E-state index contributed by atoms with van der Waals surface area (Å²) in [6, 6.07) is 11.9. The van der Waals surface area contributed by atoms with Crippen LogP contribution in [0.5, 0.6) is 0 Å². The van der Waals surface area contributed by atoms with Gasteiger partial charge in [0.2, 0.25) is 11.8 Å². The van der Waals surface area contributed by atoms with Gasteiger partial charge in [0.05, 0.1) is 0 Å². The minimum Gasteiger partial charge on any atom is -0.326 e. The molecule has 0 unspecified atom stereocenters. The normalized spacial score (nSPS) is 10.1. The number of carbonyl (C=O) groups is 3. The van der Waals surface area contributed by atoms with E-state index >= 15 is 0 Å². The predicted molar refractivity (Wildman–Crippen MR) is 101 cm³/mol. The standard InChI is InChI=1S/C19H20ClN3O3/c1-12-3-8-16(13(2)11-12)21-17(24)9-10-18(25)22-23-19(26)14-4-6-15(20)7-5-14/h3-8,11H,9-10H2,1-2H3,(H,21,24)(H,22,25)(H,23,26). The van der Waals surface area contributed by atoms with Crippen LogP contribution in [-0.2, 0) is 9.59 Å². The monoisotopic (exact) mass is 373 g/mol. The molecule has 6 nitrogen and oxygen atoms in total. The van der Waals surface area contributed by atoms with Crippen molar-refractivity contribution in [1.29, 1.82) is 0 Å². The largest absolute Gasteiger partial charge is 0.326 e. The first-order valence-electron chi connectivity index (χ1n) is 8.07. The number of benzene rings is 2. The van der Waals surface area contributed by atoms with Crippen molar-refractivity contribution >= 4 is 35.0 Å². The first-order valence-corrected chi connectivity index (χ1v) is 8.45. The topological polar surface area (TPSA) is 87.3 Å². The molecular formula is C19H20ClN3O3. The first-order chi connectivity index (χ1) is 12.3. The molecule has 3 N–H and O–H groups in total. The Morgan fingerprint density at radius 1 is 0.885 bits per heavy atom. The van der Waals surface area contributed by atoms with E-state index in [4.69, 9.17) is 11.6 Å². The number of amides is 3. The zero-order chi connectivity index (χ0) is 19.1. The van der Waals surface area contributed by atoms with Gasteiger partial charge in [0, 0.05) is 29.1 Å². The third kappa shape index (κ3) is 5.89. The zero-order valence-corrected chi connectivity index (χ0v) is 15.3. The van der Waals surface area contributed by atoms with E-state index in [0.29, 0.717) is 10.6 Å². The van der Waals surface area contributed by atoms with Crippen LogP contribution in [0.1, 0.15) is 34.3 Å². The van der Waals surface area contributed by atoms with Gasteiger partial charge in [0.25, 0.3) is 5.91 Å². The highest BCUT2D eigenvalue weighted by Gasteiger charge is 2.10. The number of anilines is 1. The molecule has 0 aliphatic rings. The minimum atomic E-state index is -0.463. The average molecular weight is 374 g/mol. The highest BCUT2D eigenvalue weighted by atomic mass is 35.5. The lowest BCUT2D eigenvalue weighted by atomic mass is 10.1. The fourth-order valence-electron chi connectivity index (χ4n) is 2.26. The predicted octanol–water partition coefficient (Wildman–Crippen LogP) is 3.14. The molecule has 0 spiro atoms. The van der Waals surface area contributed by atoms with Crippen molar-refractivity contribution in [3.63, 3.8) is 0 Å². The summed E-state index contributed by atoms with van der Waals surface area (Å²) in [5.74, 6) is -1.19. The van der Waals surface area contributed by atoms with Crippen LogP contribution in [0, 0.1) is 13.8 Å². The van der Waals surface area contributed by atoms with Gasteiger partial charge >= 0.3 is 0 Å². The summed E-state index contributed by atoms with van der Waals surface area (Å²) in [5.41, 5.74) is 7.72. The lowest BCUT2D eigenvalue weighted by Gasteiger charge is -2.10. The van der Waals surface area contributed by atoms with E-state index in [1.807, 2.05) is 32.0 Å². The summed E-state index contributed by atoms with van der Waals surface area (Å²) in [7, 11) is 0. The van der Waals surface area contributed by atoms with Gasteiger partial charge < -0.3 is 5.32 Å². The van der Waals surface area contributed by atoms with Crippen molar-refractivity contribution in [2.75, 3.05) is 5.32 Å². The number of aryl methyl sites for hydroxylation is 2. The van der Waals surface area contributed by atoms with Crippen molar-refractivity contribution in [1.82, 2.24) is 10.9 Å². The van der Waals surface area contributed by atoms with Crippen molar-refractivity contribution in [3.8, 4) is 0 Å². The molecule has 0 aliphatic heterocycles. The van der Waals surface area contributed by atoms with Gasteiger partial charge in [-0.3, -0.25) is 25.2 Å². The van der Waals surface area contributed by atoms with Crippen LogP contribution in [0.3, 0.4) is 0 Å². The maximum absolute atomic E-state index is 12.0. The van der Waals surface area contributed by atoms with E-state index < -0.39 is 11.8 Å². The maximum Gasteiger partial charge on any atom is 0.269 e. The zero-order valence-electron chi connectivity index (χ0n) is 14.6. The molecule has 0 bridgehead atoms. The van der Waals surface area contributed by atoms with Gasteiger partial charge in [0.15, 0.2) is 0 Å². The second kappa shape index (κ2) is 9.01. The molecule has 0 fully saturated rings. The van der Waals surface area contributed by atoms with E-state index in [1.54, 1.807) is 24.3 Å². The SMILES string of the molecule is Cc1ccc(NC(=O)CCC(=O)NNC(=O)c2ccc(Cl)cc2)c(C)c1. The molecule has 3 amide bonds. The van der Waals surface area contributed by atoms with E-state index in [0.717, 1.165) is 16.8 Å². The summed E-state index contributed by atoms with van der Waals surface area (Å²) in [5, 5.41) is 3.28. The fraction of sp³-hybridized carbons (Fsp3) is 0.211. The van der Waals surface area contributed by atoms with Gasteiger partial charge in [-0.25, -0.2) is 0 Å². The molecule has 2 rings (SSSR count). The van der Waals surface area contributed by atoms with Gasteiger partial charge in [-0.2, -0.15) is 0 Å². The van der Waals surface area contributed by atoms with E-state index in [2.05, 4.69) is 16.2 Å². The summed E-state index contributed by atoms with van der Waals surface area (Å²) >= 11 is 5.75. The number of hydrogen-bond donors (Lipinski definition) is 3. The number of nitrogens with one attached hydrogen (secondary N) is 3. The molecular weight excluding hydrogens is 354 g/mol. The van der Waals surface area contributed by atoms with Crippen LogP contribution < -0.4 is 16.2 Å². The Morgan fingerprint density at radius 2 is 1.54 bits per heavy atom. The Kier molecular flexibility index (Phi) is 6.74. The van der Waals surface area contributed by atoms with Crippen LogP contribution >= 0.6 is 11.6 Å². The summed E-state index contributed by atoms with van der Waals surface area (Å²) < 4.78 is 0. The quantitative estimate of drug-likeness (QED) is 0.703. The summed E-state index contributed by atoms with van der Waals surface area (Å²) in [6.45, 7) is 3.88. The van der Waals surface area contributed by atoms with E-state index in [9.17, 15) is 14.4 Å². The second-order valence-electron chi connectivity index (χ2n) is 5.88. The molecule has 0 saturated heterocycles. The number of hydrogen-bond acceptors (Lipinski definition) is 3.